The Hall–Kier alpha value is -3.27. The average molecular weight is 628 g/mol. The van der Waals surface area contributed by atoms with E-state index in [1.54, 1.807) is 0 Å². The molecule has 11 nitrogen and oxygen atoms in total. The van der Waals surface area contributed by atoms with Gasteiger partial charge in [0.1, 0.15) is 22.3 Å². The summed E-state index contributed by atoms with van der Waals surface area (Å²) in [5.74, 6) is -0.0908. The Morgan fingerprint density at radius 2 is 1.95 bits per heavy atom. The zero-order valence-corrected chi connectivity index (χ0v) is 25.2. The molecular weight excluding hydrogens is 595 g/mol. The number of hydrogen-bond acceptors (Lipinski definition) is 9. The Labute approximate surface area is 246 Å². The number of aryl methyl sites for hydroxylation is 1. The molecule has 0 saturated carbocycles. The molecule has 0 radical (unpaired) electrons. The first-order valence-corrected chi connectivity index (χ1v) is 15.3. The summed E-state index contributed by atoms with van der Waals surface area (Å²) in [6.07, 6.45) is 0.602. The molecule has 4 bridgehead atoms. The number of amides is 1. The second kappa shape index (κ2) is 10.5. The summed E-state index contributed by atoms with van der Waals surface area (Å²) < 4.78 is 76.3. The van der Waals surface area contributed by atoms with Crippen LogP contribution in [0.1, 0.15) is 57.3 Å². The van der Waals surface area contributed by atoms with E-state index in [-0.39, 0.29) is 38.9 Å². The topological polar surface area (TPSA) is 124 Å². The number of hydrogen-bond donors (Lipinski definition) is 2. The van der Waals surface area contributed by atoms with Crippen LogP contribution < -0.4 is 14.4 Å². The standard InChI is InChI=1S/C26H32F3N7O4S2/c1-24(2,26(27,28)29)15-40-20-9-11-35(32-20)19-8-7-17-21(31-19)34-14-16(12-25(34,3)4)6-5-10-36-23(41)18(13-30-36)42(38,39)33-22(17)37/h7-9,11,13,16,41H,5-6,10,12,14-15H2,1-4H3,(H,33,37). The van der Waals surface area contributed by atoms with Gasteiger partial charge in [0.25, 0.3) is 15.9 Å². The smallest absolute Gasteiger partial charge is 0.397 e. The molecule has 1 saturated heterocycles. The molecule has 1 unspecified atom stereocenters. The van der Waals surface area contributed by atoms with Crippen molar-refractivity contribution >= 4 is 34.4 Å². The number of fused-ring (bicyclic) bond motifs is 6. The fourth-order valence-corrected chi connectivity index (χ4v) is 6.79. The van der Waals surface area contributed by atoms with E-state index >= 15 is 0 Å². The molecule has 0 aliphatic carbocycles. The number of anilines is 1. The minimum absolute atomic E-state index is 0.0253. The summed E-state index contributed by atoms with van der Waals surface area (Å²) in [4.78, 5) is 20.0. The van der Waals surface area contributed by atoms with Crippen LogP contribution in [-0.2, 0) is 16.6 Å². The lowest BCUT2D eigenvalue weighted by molar-refractivity contribution is -0.219. The Kier molecular flexibility index (Phi) is 7.53. The predicted molar refractivity (Wildman–Crippen MR) is 150 cm³/mol. The molecule has 2 aliphatic rings. The number of pyridine rings is 1. The molecule has 5 rings (SSSR count). The quantitative estimate of drug-likeness (QED) is 0.412. The predicted octanol–water partition coefficient (Wildman–Crippen LogP) is 4.24. The Morgan fingerprint density at radius 3 is 2.67 bits per heavy atom. The third-order valence-electron chi connectivity index (χ3n) is 7.75. The van der Waals surface area contributed by atoms with E-state index in [0.717, 1.165) is 33.1 Å². The van der Waals surface area contributed by atoms with Gasteiger partial charge in [-0.25, -0.2) is 22.8 Å². The number of carbonyl (C=O) groups is 1. The number of halogens is 3. The first-order valence-electron chi connectivity index (χ1n) is 13.3. The van der Waals surface area contributed by atoms with Crippen LogP contribution in [0.15, 0.2) is 40.5 Å². The van der Waals surface area contributed by atoms with Crippen molar-refractivity contribution < 1.29 is 31.1 Å². The zero-order valence-electron chi connectivity index (χ0n) is 23.5. The molecule has 1 amide bonds. The summed E-state index contributed by atoms with van der Waals surface area (Å²) in [6, 6.07) is 4.36. The van der Waals surface area contributed by atoms with Crippen LogP contribution in [0, 0.1) is 11.3 Å². The summed E-state index contributed by atoms with van der Waals surface area (Å²) in [5, 5.41) is 8.53. The summed E-state index contributed by atoms with van der Waals surface area (Å²) in [7, 11) is -4.30. The van der Waals surface area contributed by atoms with Gasteiger partial charge in [-0.3, -0.25) is 9.48 Å². The second-order valence-corrected chi connectivity index (χ2v) is 14.0. The molecule has 16 heteroatoms. The fourth-order valence-electron chi connectivity index (χ4n) is 5.23. The highest BCUT2D eigenvalue weighted by molar-refractivity contribution is 7.91. The summed E-state index contributed by atoms with van der Waals surface area (Å²) in [5.41, 5.74) is -2.46. The van der Waals surface area contributed by atoms with Crippen LogP contribution in [0.25, 0.3) is 5.82 Å². The number of rotatable bonds is 4. The van der Waals surface area contributed by atoms with Crippen LogP contribution in [0.5, 0.6) is 5.88 Å². The monoisotopic (exact) mass is 627 g/mol. The highest BCUT2D eigenvalue weighted by Crippen LogP contribution is 2.40. The number of nitrogens with one attached hydrogen (secondary N) is 1. The largest absolute Gasteiger partial charge is 0.476 e. The van der Waals surface area contributed by atoms with E-state index in [2.05, 4.69) is 27.5 Å². The number of thiol groups is 1. The molecule has 0 aromatic carbocycles. The maximum Gasteiger partial charge on any atom is 0.397 e. The highest BCUT2D eigenvalue weighted by Gasteiger charge is 2.48. The molecule has 42 heavy (non-hydrogen) atoms. The highest BCUT2D eigenvalue weighted by atomic mass is 32.2. The molecule has 228 valence electrons. The Bertz CT molecular complexity index is 1620. The number of nitrogens with zero attached hydrogens (tertiary/aromatic N) is 6. The van der Waals surface area contributed by atoms with E-state index in [9.17, 15) is 26.4 Å². The van der Waals surface area contributed by atoms with Crippen molar-refractivity contribution in [2.75, 3.05) is 18.1 Å². The number of sulfonamides is 1. The van der Waals surface area contributed by atoms with Crippen LogP contribution in [0.2, 0.25) is 0 Å². The number of carbonyl (C=O) groups excluding carboxylic acids is 1. The first-order chi connectivity index (χ1) is 19.5. The van der Waals surface area contributed by atoms with E-state index < -0.39 is 39.7 Å². The van der Waals surface area contributed by atoms with Gasteiger partial charge in [0.05, 0.1) is 17.2 Å². The van der Waals surface area contributed by atoms with Crippen LogP contribution in [0.4, 0.5) is 19.0 Å². The van der Waals surface area contributed by atoms with Crippen LogP contribution >= 0.6 is 12.6 Å². The SMILES string of the molecule is CC1(C)CC2CCCn3ncc(c3S)S(=O)(=O)NC(=O)c3ccc(-n4ccc(OCC(C)(C)C(F)(F)F)n4)nc3N1C2. The molecule has 3 aromatic rings. The number of aromatic nitrogens is 5. The van der Waals surface area contributed by atoms with Crippen molar-refractivity contribution in [1.82, 2.24) is 29.3 Å². The minimum atomic E-state index is -4.45. The van der Waals surface area contributed by atoms with Crippen LogP contribution in [-0.4, -0.2) is 63.7 Å². The van der Waals surface area contributed by atoms with Gasteiger partial charge >= 0.3 is 6.18 Å². The summed E-state index contributed by atoms with van der Waals surface area (Å²) >= 11 is 4.36. The van der Waals surface area contributed by atoms with Gasteiger partial charge in [-0.05, 0) is 65.0 Å². The lowest BCUT2D eigenvalue weighted by Gasteiger charge is -2.34. The molecule has 1 fully saturated rings. The maximum absolute atomic E-state index is 13.5. The van der Waals surface area contributed by atoms with Crippen molar-refractivity contribution in [2.45, 2.75) is 75.1 Å². The van der Waals surface area contributed by atoms with Gasteiger partial charge in [-0.15, -0.1) is 17.7 Å². The van der Waals surface area contributed by atoms with Crippen molar-refractivity contribution in [2.24, 2.45) is 11.3 Å². The Morgan fingerprint density at radius 1 is 1.21 bits per heavy atom. The second-order valence-electron chi connectivity index (χ2n) is 11.9. The van der Waals surface area contributed by atoms with Gasteiger partial charge in [0.15, 0.2) is 5.82 Å². The molecule has 1 N–H and O–H groups in total. The van der Waals surface area contributed by atoms with E-state index in [0.29, 0.717) is 13.1 Å². The van der Waals surface area contributed by atoms with E-state index in [1.165, 1.54) is 40.0 Å². The average Bonchev–Trinajstić information content (AvgIpc) is 3.58. The first kappa shape index (κ1) is 30.2. The third-order valence-corrected chi connectivity index (χ3v) is 9.70. The molecule has 1 atom stereocenters. The molecule has 2 aliphatic heterocycles. The maximum atomic E-state index is 13.5. The van der Waals surface area contributed by atoms with E-state index in [1.807, 2.05) is 18.7 Å². The van der Waals surface area contributed by atoms with Crippen molar-refractivity contribution in [3.63, 3.8) is 0 Å². The zero-order chi connectivity index (χ0) is 30.7. The van der Waals surface area contributed by atoms with Crippen molar-refractivity contribution in [3.05, 3.63) is 36.2 Å². The Balaban J connectivity index is 1.52. The van der Waals surface area contributed by atoms with Gasteiger partial charge in [0, 0.05) is 30.9 Å². The molecule has 3 aromatic heterocycles. The van der Waals surface area contributed by atoms with Crippen LogP contribution in [0.3, 0.4) is 0 Å². The number of alkyl halides is 3. The normalized spacial score (nSPS) is 20.5. The lowest BCUT2D eigenvalue weighted by Crippen LogP contribution is -2.41. The molecule has 5 heterocycles. The third kappa shape index (κ3) is 5.70. The lowest BCUT2D eigenvalue weighted by atomic mass is 9.93. The van der Waals surface area contributed by atoms with Gasteiger partial charge in [-0.1, -0.05) is 0 Å². The van der Waals surface area contributed by atoms with Gasteiger partial charge < -0.3 is 9.64 Å². The van der Waals surface area contributed by atoms with Crippen molar-refractivity contribution in [1.29, 1.82) is 0 Å². The number of ether oxygens (including phenoxy) is 1. The minimum Gasteiger partial charge on any atom is -0.476 e. The molecule has 0 spiro atoms. The van der Waals surface area contributed by atoms with Gasteiger partial charge in [-0.2, -0.15) is 18.3 Å². The van der Waals surface area contributed by atoms with E-state index in [4.69, 9.17) is 9.72 Å². The van der Waals surface area contributed by atoms with Crippen molar-refractivity contribution in [3.8, 4) is 11.7 Å². The summed E-state index contributed by atoms with van der Waals surface area (Å²) in [6.45, 7) is 6.57. The van der Waals surface area contributed by atoms with Gasteiger partial charge in [0.2, 0.25) is 5.88 Å². The fraction of sp³-hybridized carbons (Fsp3) is 0.538. The molecular formula is C26H32F3N7O4S2.